The standard InChI is InChI=1S/C16H16Br2N2O4S/c1-16(4-6-25(22,23)9-16)20-13(21)8-24-15-12(18)7-11(17)10-3-2-5-19-14(10)15/h2-3,5,7H,4,6,8-9H2,1H3,(H,20,21)/t16-/m1/s1. The van der Waals surface area contributed by atoms with Crippen molar-refractivity contribution < 1.29 is 17.9 Å². The molecule has 1 N–H and O–H groups in total. The molecule has 2 heterocycles. The van der Waals surface area contributed by atoms with Gasteiger partial charge in [-0.1, -0.05) is 22.0 Å². The molecule has 1 aromatic heterocycles. The lowest BCUT2D eigenvalue weighted by Gasteiger charge is -2.24. The fourth-order valence-corrected chi connectivity index (χ4v) is 6.38. The number of carbonyl (C=O) groups excluding carboxylic acids is 1. The van der Waals surface area contributed by atoms with Crippen molar-refractivity contribution in [1.29, 1.82) is 0 Å². The number of benzene rings is 1. The SMILES string of the molecule is C[C@@]1(NC(=O)COc2c(Br)cc(Br)c3cccnc23)CCS(=O)(=O)C1. The molecule has 1 aliphatic heterocycles. The van der Waals surface area contributed by atoms with E-state index in [-0.39, 0.29) is 24.0 Å². The number of amides is 1. The molecule has 25 heavy (non-hydrogen) atoms. The highest BCUT2D eigenvalue weighted by molar-refractivity contribution is 9.11. The minimum Gasteiger partial charge on any atom is -0.480 e. The summed E-state index contributed by atoms with van der Waals surface area (Å²) in [6, 6.07) is 5.55. The van der Waals surface area contributed by atoms with Crippen LogP contribution in [0.3, 0.4) is 0 Å². The van der Waals surface area contributed by atoms with Crippen molar-refractivity contribution in [2.75, 3.05) is 18.1 Å². The van der Waals surface area contributed by atoms with E-state index < -0.39 is 15.4 Å². The lowest BCUT2D eigenvalue weighted by molar-refractivity contribution is -0.124. The van der Waals surface area contributed by atoms with E-state index in [1.807, 2.05) is 18.2 Å². The van der Waals surface area contributed by atoms with Gasteiger partial charge in [0.25, 0.3) is 5.91 Å². The number of nitrogens with one attached hydrogen (secondary N) is 1. The molecular weight excluding hydrogens is 476 g/mol. The van der Waals surface area contributed by atoms with E-state index in [2.05, 4.69) is 42.2 Å². The van der Waals surface area contributed by atoms with Gasteiger partial charge in [0.1, 0.15) is 5.52 Å². The Morgan fingerprint density at radius 2 is 2.16 bits per heavy atom. The van der Waals surface area contributed by atoms with Crippen LogP contribution in [-0.4, -0.2) is 43.0 Å². The monoisotopic (exact) mass is 490 g/mol. The average Bonchev–Trinajstić information content (AvgIpc) is 2.80. The maximum atomic E-state index is 12.2. The largest absolute Gasteiger partial charge is 0.480 e. The van der Waals surface area contributed by atoms with Crippen molar-refractivity contribution in [2.24, 2.45) is 0 Å². The predicted molar refractivity (Wildman–Crippen MR) is 102 cm³/mol. The Balaban J connectivity index is 1.74. The van der Waals surface area contributed by atoms with Gasteiger partial charge in [0.15, 0.2) is 22.2 Å². The molecule has 0 aliphatic carbocycles. The summed E-state index contributed by atoms with van der Waals surface area (Å²) >= 11 is 6.90. The Morgan fingerprint density at radius 3 is 2.84 bits per heavy atom. The Bertz CT molecular complexity index is 949. The zero-order chi connectivity index (χ0) is 18.2. The molecule has 0 bridgehead atoms. The van der Waals surface area contributed by atoms with E-state index in [1.54, 1.807) is 13.1 Å². The molecule has 6 nitrogen and oxygen atoms in total. The summed E-state index contributed by atoms with van der Waals surface area (Å²) in [7, 11) is -3.09. The highest BCUT2D eigenvalue weighted by Gasteiger charge is 2.39. The van der Waals surface area contributed by atoms with E-state index >= 15 is 0 Å². The quantitative estimate of drug-likeness (QED) is 0.710. The Kier molecular flexibility index (Phi) is 5.09. The summed E-state index contributed by atoms with van der Waals surface area (Å²) in [6.07, 6.45) is 2.06. The van der Waals surface area contributed by atoms with E-state index in [9.17, 15) is 13.2 Å². The van der Waals surface area contributed by atoms with Crippen LogP contribution in [0.4, 0.5) is 0 Å². The number of hydrogen-bond donors (Lipinski definition) is 1. The molecule has 9 heteroatoms. The van der Waals surface area contributed by atoms with Crippen molar-refractivity contribution in [3.05, 3.63) is 33.3 Å². The molecule has 1 amide bonds. The van der Waals surface area contributed by atoms with Crippen molar-refractivity contribution in [2.45, 2.75) is 18.9 Å². The Hall–Kier alpha value is -1.19. The van der Waals surface area contributed by atoms with Gasteiger partial charge in [-0.3, -0.25) is 9.78 Å². The smallest absolute Gasteiger partial charge is 0.258 e. The van der Waals surface area contributed by atoms with Gasteiger partial charge in [-0.2, -0.15) is 0 Å². The molecule has 0 saturated carbocycles. The first-order chi connectivity index (χ1) is 11.7. The van der Waals surface area contributed by atoms with Gasteiger partial charge in [-0.15, -0.1) is 0 Å². The predicted octanol–water partition coefficient (Wildman–Crippen LogP) is 2.83. The molecule has 0 radical (unpaired) electrons. The summed E-state index contributed by atoms with van der Waals surface area (Å²) in [5.74, 6) is 0.159. The molecule has 134 valence electrons. The number of aromatic nitrogens is 1. The normalized spacial score (nSPS) is 22.0. The number of ether oxygens (including phenoxy) is 1. The summed E-state index contributed by atoms with van der Waals surface area (Å²) in [6.45, 7) is 1.52. The van der Waals surface area contributed by atoms with Crippen molar-refractivity contribution in [3.63, 3.8) is 0 Å². The summed E-state index contributed by atoms with van der Waals surface area (Å²) < 4.78 is 30.5. The molecule has 1 saturated heterocycles. The van der Waals surface area contributed by atoms with Crippen LogP contribution in [0.25, 0.3) is 10.9 Å². The summed E-state index contributed by atoms with van der Waals surface area (Å²) in [4.78, 5) is 16.5. The van der Waals surface area contributed by atoms with Crippen LogP contribution in [0.15, 0.2) is 33.3 Å². The topological polar surface area (TPSA) is 85.4 Å². The third-order valence-electron chi connectivity index (χ3n) is 4.04. The van der Waals surface area contributed by atoms with Gasteiger partial charge in [0.05, 0.1) is 21.5 Å². The Labute approximate surface area is 162 Å². The van der Waals surface area contributed by atoms with Gasteiger partial charge >= 0.3 is 0 Å². The molecule has 2 aromatic rings. The summed E-state index contributed by atoms with van der Waals surface area (Å²) in [5.41, 5.74) is -0.109. The molecule has 0 spiro atoms. The van der Waals surface area contributed by atoms with Gasteiger partial charge < -0.3 is 10.1 Å². The minimum atomic E-state index is -3.09. The van der Waals surface area contributed by atoms with Crippen LogP contribution in [0.1, 0.15) is 13.3 Å². The summed E-state index contributed by atoms with van der Waals surface area (Å²) in [5, 5.41) is 3.64. The first kappa shape index (κ1) is 18.6. The second-order valence-corrected chi connectivity index (χ2v) is 10.2. The first-order valence-corrected chi connectivity index (χ1v) is 11.0. The van der Waals surface area contributed by atoms with Crippen LogP contribution in [0, 0.1) is 0 Å². The fraction of sp³-hybridized carbons (Fsp3) is 0.375. The average molecular weight is 492 g/mol. The molecule has 1 aromatic carbocycles. The zero-order valence-electron chi connectivity index (χ0n) is 13.4. The van der Waals surface area contributed by atoms with Gasteiger partial charge in [0, 0.05) is 16.1 Å². The number of rotatable bonds is 4. The fourth-order valence-electron chi connectivity index (χ4n) is 2.90. The van der Waals surface area contributed by atoms with Crippen LogP contribution >= 0.6 is 31.9 Å². The second-order valence-electron chi connectivity index (χ2n) is 6.31. The molecule has 0 unspecified atom stereocenters. The van der Waals surface area contributed by atoms with E-state index in [4.69, 9.17) is 4.74 Å². The lowest BCUT2D eigenvalue weighted by Crippen LogP contribution is -2.48. The van der Waals surface area contributed by atoms with E-state index in [1.165, 1.54) is 0 Å². The third kappa shape index (κ3) is 4.15. The van der Waals surface area contributed by atoms with Crippen LogP contribution in [-0.2, 0) is 14.6 Å². The number of fused-ring (bicyclic) bond motifs is 1. The first-order valence-electron chi connectivity index (χ1n) is 7.56. The lowest BCUT2D eigenvalue weighted by atomic mass is 10.0. The van der Waals surface area contributed by atoms with E-state index in [0.717, 1.165) is 9.86 Å². The van der Waals surface area contributed by atoms with Crippen molar-refractivity contribution in [3.8, 4) is 5.75 Å². The zero-order valence-corrected chi connectivity index (χ0v) is 17.4. The maximum Gasteiger partial charge on any atom is 0.258 e. The third-order valence-corrected chi connectivity index (χ3v) is 7.19. The van der Waals surface area contributed by atoms with Crippen LogP contribution in [0.5, 0.6) is 5.75 Å². The van der Waals surface area contributed by atoms with Crippen molar-refractivity contribution >= 4 is 58.5 Å². The molecular formula is C16H16Br2N2O4S. The van der Waals surface area contributed by atoms with Gasteiger partial charge in [-0.05, 0) is 41.4 Å². The molecule has 3 rings (SSSR count). The van der Waals surface area contributed by atoms with Crippen LogP contribution < -0.4 is 10.1 Å². The number of pyridine rings is 1. The number of hydrogen-bond acceptors (Lipinski definition) is 5. The molecule has 1 fully saturated rings. The highest BCUT2D eigenvalue weighted by Crippen LogP contribution is 2.37. The second kappa shape index (κ2) is 6.85. The van der Waals surface area contributed by atoms with Gasteiger partial charge in [0.2, 0.25) is 0 Å². The van der Waals surface area contributed by atoms with Crippen LogP contribution in [0.2, 0.25) is 0 Å². The Morgan fingerprint density at radius 1 is 1.40 bits per heavy atom. The number of nitrogens with zero attached hydrogens (tertiary/aromatic N) is 1. The number of halogens is 2. The number of sulfone groups is 1. The number of carbonyl (C=O) groups is 1. The van der Waals surface area contributed by atoms with E-state index in [0.29, 0.717) is 22.2 Å². The minimum absolute atomic E-state index is 0.0434. The molecule has 1 atom stereocenters. The van der Waals surface area contributed by atoms with Crippen molar-refractivity contribution in [1.82, 2.24) is 10.3 Å². The maximum absolute atomic E-state index is 12.2. The highest BCUT2D eigenvalue weighted by atomic mass is 79.9. The van der Waals surface area contributed by atoms with Gasteiger partial charge in [-0.25, -0.2) is 8.42 Å². The molecule has 1 aliphatic rings.